The number of carbonyl (C=O) groups excluding carboxylic acids is 1. The summed E-state index contributed by atoms with van der Waals surface area (Å²) < 4.78 is 5.20. The molecule has 6 heteroatoms. The van der Waals surface area contributed by atoms with Gasteiger partial charge < -0.3 is 9.84 Å². The molecule has 0 fully saturated rings. The highest BCUT2D eigenvalue weighted by Gasteiger charge is 2.19. The van der Waals surface area contributed by atoms with E-state index in [1.54, 1.807) is 39.8 Å². The molecule has 0 aromatic heterocycles. The van der Waals surface area contributed by atoms with Crippen molar-refractivity contribution in [1.82, 2.24) is 0 Å². The number of carbonyl (C=O) groups is 2. The third-order valence-corrected chi connectivity index (χ3v) is 3.07. The fourth-order valence-electron chi connectivity index (χ4n) is 1.64. The minimum atomic E-state index is -0.986. The van der Waals surface area contributed by atoms with Crippen molar-refractivity contribution in [1.29, 1.82) is 0 Å². The smallest absolute Gasteiger partial charge is 0.328 e. The summed E-state index contributed by atoms with van der Waals surface area (Å²) >= 11 is 5.98. The van der Waals surface area contributed by atoms with Crippen LogP contribution in [0, 0.1) is 11.8 Å². The van der Waals surface area contributed by atoms with Gasteiger partial charge in [0, 0.05) is 11.2 Å². The van der Waals surface area contributed by atoms with Crippen LogP contribution in [0.2, 0.25) is 5.02 Å². The normalized spacial score (nSPS) is 12.9. The summed E-state index contributed by atoms with van der Waals surface area (Å²) in [4.78, 5) is 26.8. The maximum Gasteiger partial charge on any atom is 0.328 e. The van der Waals surface area contributed by atoms with E-state index in [1.165, 1.54) is 12.3 Å². The second-order valence-corrected chi connectivity index (χ2v) is 6.04. The van der Waals surface area contributed by atoms with Gasteiger partial charge >= 0.3 is 11.9 Å². The zero-order valence-electron chi connectivity index (χ0n) is 13.0. The highest BCUT2D eigenvalue weighted by atomic mass is 35.5. The molecule has 5 nitrogen and oxygen atoms in total. The minimum absolute atomic E-state index is 0.133. The SMILES string of the molecule is CC(C)C(=O)Oc1cc(Cl)cc(C=NC(C(=O)O)C(C)C)c1. The Bertz CT molecular complexity index is 582. The monoisotopic (exact) mass is 325 g/mol. The average molecular weight is 326 g/mol. The maximum atomic E-state index is 11.6. The molecule has 1 aromatic rings. The van der Waals surface area contributed by atoms with E-state index in [4.69, 9.17) is 21.4 Å². The molecule has 1 rings (SSSR count). The average Bonchev–Trinajstić information content (AvgIpc) is 2.37. The Morgan fingerprint density at radius 2 is 1.86 bits per heavy atom. The molecule has 0 aliphatic heterocycles. The van der Waals surface area contributed by atoms with Gasteiger partial charge in [-0.3, -0.25) is 9.79 Å². The van der Waals surface area contributed by atoms with Crippen LogP contribution >= 0.6 is 11.6 Å². The van der Waals surface area contributed by atoms with Crippen LogP contribution < -0.4 is 4.74 Å². The molecule has 0 spiro atoms. The zero-order valence-corrected chi connectivity index (χ0v) is 13.8. The molecule has 1 atom stereocenters. The largest absolute Gasteiger partial charge is 0.480 e. The quantitative estimate of drug-likeness (QED) is 0.494. The molecule has 0 aliphatic rings. The van der Waals surface area contributed by atoms with Crippen LogP contribution in [0.5, 0.6) is 5.75 Å². The number of esters is 1. The van der Waals surface area contributed by atoms with Gasteiger partial charge in [-0.15, -0.1) is 0 Å². The number of ether oxygens (including phenoxy) is 1. The van der Waals surface area contributed by atoms with Gasteiger partial charge in [0.05, 0.1) is 5.92 Å². The summed E-state index contributed by atoms with van der Waals surface area (Å²) in [7, 11) is 0. The molecular formula is C16H20ClNO4. The molecule has 0 radical (unpaired) electrons. The van der Waals surface area contributed by atoms with E-state index >= 15 is 0 Å². The molecule has 120 valence electrons. The van der Waals surface area contributed by atoms with Gasteiger partial charge in [-0.25, -0.2) is 4.79 Å². The zero-order chi connectivity index (χ0) is 16.9. The lowest BCUT2D eigenvalue weighted by atomic mass is 10.1. The summed E-state index contributed by atoms with van der Waals surface area (Å²) in [5.74, 6) is -1.43. The van der Waals surface area contributed by atoms with Crippen molar-refractivity contribution >= 4 is 29.8 Å². The molecule has 1 N–H and O–H groups in total. The summed E-state index contributed by atoms with van der Waals surface area (Å²) in [5, 5.41) is 9.48. The Hall–Kier alpha value is -1.88. The topological polar surface area (TPSA) is 76.0 Å². The molecular weight excluding hydrogens is 306 g/mol. The molecule has 22 heavy (non-hydrogen) atoms. The van der Waals surface area contributed by atoms with Gasteiger partial charge in [-0.1, -0.05) is 39.3 Å². The third kappa shape index (κ3) is 5.48. The number of hydrogen-bond donors (Lipinski definition) is 1. The fraction of sp³-hybridized carbons (Fsp3) is 0.438. The van der Waals surface area contributed by atoms with E-state index in [2.05, 4.69) is 4.99 Å². The van der Waals surface area contributed by atoms with Crippen LogP contribution in [0.4, 0.5) is 0 Å². The lowest BCUT2D eigenvalue weighted by Gasteiger charge is -2.11. The van der Waals surface area contributed by atoms with Gasteiger partial charge in [0.2, 0.25) is 0 Å². The molecule has 0 heterocycles. The van der Waals surface area contributed by atoms with Crippen LogP contribution in [-0.4, -0.2) is 29.3 Å². The van der Waals surface area contributed by atoms with Gasteiger partial charge in [0.25, 0.3) is 0 Å². The molecule has 0 bridgehead atoms. The first-order valence-corrected chi connectivity index (χ1v) is 7.36. The number of carboxylic acids is 1. The Morgan fingerprint density at radius 3 is 2.36 bits per heavy atom. The molecule has 0 aliphatic carbocycles. The molecule has 1 aromatic carbocycles. The Balaban J connectivity index is 2.98. The van der Waals surface area contributed by atoms with Gasteiger partial charge in [0.1, 0.15) is 11.8 Å². The van der Waals surface area contributed by atoms with E-state index in [1.807, 2.05) is 0 Å². The van der Waals surface area contributed by atoms with Crippen LogP contribution in [-0.2, 0) is 9.59 Å². The van der Waals surface area contributed by atoms with E-state index in [0.29, 0.717) is 16.3 Å². The van der Waals surface area contributed by atoms with Gasteiger partial charge in [-0.2, -0.15) is 0 Å². The number of hydrogen-bond acceptors (Lipinski definition) is 4. The number of benzene rings is 1. The maximum absolute atomic E-state index is 11.6. The Kier molecular flexibility index (Phi) is 6.56. The second kappa shape index (κ2) is 7.94. The first-order chi connectivity index (χ1) is 10.2. The van der Waals surface area contributed by atoms with E-state index < -0.39 is 12.0 Å². The van der Waals surface area contributed by atoms with E-state index in [0.717, 1.165) is 0 Å². The van der Waals surface area contributed by atoms with Crippen molar-refractivity contribution in [2.75, 3.05) is 0 Å². The summed E-state index contributed by atoms with van der Waals surface area (Å²) in [6, 6.07) is 3.91. The number of aliphatic carboxylic acids is 1. The van der Waals surface area contributed by atoms with Gasteiger partial charge in [0.15, 0.2) is 0 Å². The van der Waals surface area contributed by atoms with Crippen LogP contribution in [0.15, 0.2) is 23.2 Å². The lowest BCUT2D eigenvalue weighted by molar-refractivity contribution is -0.139. The molecule has 0 saturated carbocycles. The second-order valence-electron chi connectivity index (χ2n) is 5.60. The number of carboxylic acid groups (broad SMARTS) is 1. The van der Waals surface area contributed by atoms with Crippen molar-refractivity contribution in [2.45, 2.75) is 33.7 Å². The van der Waals surface area contributed by atoms with Crippen molar-refractivity contribution in [3.8, 4) is 5.75 Å². The number of rotatable bonds is 6. The van der Waals surface area contributed by atoms with Crippen molar-refractivity contribution in [3.63, 3.8) is 0 Å². The summed E-state index contributed by atoms with van der Waals surface area (Å²) in [5.41, 5.74) is 0.575. The van der Waals surface area contributed by atoms with Gasteiger partial charge in [-0.05, 0) is 29.7 Å². The van der Waals surface area contributed by atoms with E-state index in [-0.39, 0.29) is 17.8 Å². The number of halogens is 1. The number of nitrogens with zero attached hydrogens (tertiary/aromatic N) is 1. The fourth-order valence-corrected chi connectivity index (χ4v) is 1.87. The predicted molar refractivity (Wildman–Crippen MR) is 85.8 cm³/mol. The minimum Gasteiger partial charge on any atom is -0.480 e. The highest BCUT2D eigenvalue weighted by Crippen LogP contribution is 2.21. The third-order valence-electron chi connectivity index (χ3n) is 2.85. The molecule has 0 saturated heterocycles. The highest BCUT2D eigenvalue weighted by molar-refractivity contribution is 6.31. The van der Waals surface area contributed by atoms with Crippen LogP contribution in [0.25, 0.3) is 0 Å². The molecule has 1 unspecified atom stereocenters. The van der Waals surface area contributed by atoms with E-state index in [9.17, 15) is 9.59 Å². The lowest BCUT2D eigenvalue weighted by Crippen LogP contribution is -2.24. The van der Waals surface area contributed by atoms with Crippen molar-refractivity contribution in [3.05, 3.63) is 28.8 Å². The summed E-state index contributed by atoms with van der Waals surface area (Å²) in [6.45, 7) is 7.03. The predicted octanol–water partition coefficient (Wildman–Crippen LogP) is 3.43. The summed E-state index contributed by atoms with van der Waals surface area (Å²) in [6.07, 6.45) is 1.43. The van der Waals surface area contributed by atoms with Crippen LogP contribution in [0.3, 0.4) is 0 Å². The van der Waals surface area contributed by atoms with Crippen molar-refractivity contribution in [2.24, 2.45) is 16.8 Å². The first kappa shape index (κ1) is 18.2. The van der Waals surface area contributed by atoms with Crippen molar-refractivity contribution < 1.29 is 19.4 Å². The Morgan fingerprint density at radius 1 is 1.23 bits per heavy atom. The Labute approximate surface area is 135 Å². The number of aliphatic imine (C=N–C) groups is 1. The standard InChI is InChI=1S/C16H20ClNO4/c1-9(2)14(15(19)20)18-8-11-5-12(17)7-13(6-11)22-16(21)10(3)4/h5-10,14H,1-4H3,(H,19,20). The van der Waals surface area contributed by atoms with Crippen LogP contribution in [0.1, 0.15) is 33.3 Å². The molecule has 0 amide bonds. The first-order valence-electron chi connectivity index (χ1n) is 6.99.